The number of benzene rings is 1. The molecule has 1 aromatic carbocycles. The highest BCUT2D eigenvalue weighted by Gasteiger charge is 2.73. The zero-order valence-corrected chi connectivity index (χ0v) is 19.4. The molecule has 2 unspecified atom stereocenters. The summed E-state index contributed by atoms with van der Waals surface area (Å²) in [6, 6.07) is 8.71. The molecule has 0 aromatic heterocycles. The summed E-state index contributed by atoms with van der Waals surface area (Å²) < 4.78 is -0.565. The molecule has 174 valence electrons. The van der Waals surface area contributed by atoms with Gasteiger partial charge < -0.3 is 20.6 Å². The Morgan fingerprint density at radius 2 is 1.97 bits per heavy atom. The first-order valence-electron chi connectivity index (χ1n) is 11.8. The zero-order chi connectivity index (χ0) is 22.7. The van der Waals surface area contributed by atoms with Crippen molar-refractivity contribution in [3.8, 4) is 0 Å². The van der Waals surface area contributed by atoms with E-state index in [1.54, 1.807) is 16.7 Å². The number of nitrogens with zero attached hydrogens (tertiary/aromatic N) is 1. The number of amides is 3. The van der Waals surface area contributed by atoms with Crippen LogP contribution in [0.15, 0.2) is 30.3 Å². The van der Waals surface area contributed by atoms with Gasteiger partial charge in [-0.2, -0.15) is 0 Å². The smallest absolute Gasteiger partial charge is 0.244 e. The topological polar surface area (TPSA) is 98.7 Å². The number of hydrogen-bond donors (Lipinski definition) is 3. The number of likely N-dealkylation sites (tertiary alicyclic amines) is 1. The minimum absolute atomic E-state index is 0.0417. The van der Waals surface area contributed by atoms with E-state index in [1.807, 2.05) is 30.3 Å². The van der Waals surface area contributed by atoms with Crippen molar-refractivity contribution in [3.05, 3.63) is 30.3 Å². The fourth-order valence-corrected chi connectivity index (χ4v) is 7.89. The van der Waals surface area contributed by atoms with Crippen LogP contribution in [0.5, 0.6) is 0 Å². The molecule has 4 rings (SSSR count). The Hall–Kier alpha value is -2.06. The highest BCUT2D eigenvalue weighted by atomic mass is 32.2. The maximum Gasteiger partial charge on any atom is 0.244 e. The number of carbonyl (C=O) groups excluding carboxylic acids is 3. The maximum absolute atomic E-state index is 13.6. The van der Waals surface area contributed by atoms with Crippen molar-refractivity contribution in [2.75, 3.05) is 25.0 Å². The van der Waals surface area contributed by atoms with Gasteiger partial charge in [-0.25, -0.2) is 0 Å². The van der Waals surface area contributed by atoms with Gasteiger partial charge in [-0.05, 0) is 37.8 Å². The number of carbonyl (C=O) groups is 3. The minimum atomic E-state index is -0.585. The lowest BCUT2D eigenvalue weighted by molar-refractivity contribution is -0.139. The average Bonchev–Trinajstić information content (AvgIpc) is 3.43. The van der Waals surface area contributed by atoms with Crippen molar-refractivity contribution < 1.29 is 19.5 Å². The van der Waals surface area contributed by atoms with Gasteiger partial charge in [0.1, 0.15) is 6.04 Å². The van der Waals surface area contributed by atoms with Crippen LogP contribution in [0, 0.1) is 11.8 Å². The molecular weight excluding hydrogens is 426 g/mol. The van der Waals surface area contributed by atoms with E-state index in [2.05, 4.69) is 17.6 Å². The molecule has 3 aliphatic heterocycles. The molecule has 3 heterocycles. The second kappa shape index (κ2) is 9.83. The van der Waals surface area contributed by atoms with Crippen LogP contribution in [0.25, 0.3) is 0 Å². The third kappa shape index (κ3) is 4.03. The lowest BCUT2D eigenvalue weighted by Crippen LogP contribution is -2.53. The molecule has 3 fully saturated rings. The third-order valence-corrected chi connectivity index (χ3v) is 8.98. The Bertz CT molecular complexity index is 851. The van der Waals surface area contributed by atoms with Crippen LogP contribution in [-0.2, 0) is 14.4 Å². The molecule has 0 aliphatic carbocycles. The first-order valence-corrected chi connectivity index (χ1v) is 12.6. The number of hydrogen-bond acceptors (Lipinski definition) is 5. The Morgan fingerprint density at radius 1 is 1.19 bits per heavy atom. The summed E-state index contributed by atoms with van der Waals surface area (Å²) in [5.41, 5.74) is 0.715. The molecule has 3 aliphatic rings. The van der Waals surface area contributed by atoms with E-state index in [0.29, 0.717) is 25.2 Å². The molecule has 1 aromatic rings. The Labute approximate surface area is 193 Å². The predicted molar refractivity (Wildman–Crippen MR) is 125 cm³/mol. The zero-order valence-electron chi connectivity index (χ0n) is 18.6. The van der Waals surface area contributed by atoms with Gasteiger partial charge >= 0.3 is 0 Å². The summed E-state index contributed by atoms with van der Waals surface area (Å²) >= 11 is 1.67. The van der Waals surface area contributed by atoms with Crippen LogP contribution in [0.1, 0.15) is 45.4 Å². The van der Waals surface area contributed by atoms with Crippen molar-refractivity contribution in [2.45, 2.75) is 61.5 Å². The molecule has 2 bridgehead atoms. The van der Waals surface area contributed by atoms with Gasteiger partial charge in [0.25, 0.3) is 0 Å². The highest BCUT2D eigenvalue weighted by molar-refractivity contribution is 8.02. The average molecular weight is 460 g/mol. The number of anilines is 1. The van der Waals surface area contributed by atoms with Crippen LogP contribution in [0.3, 0.4) is 0 Å². The summed E-state index contributed by atoms with van der Waals surface area (Å²) in [5.74, 6) is -1.32. The Kier molecular flexibility index (Phi) is 7.10. The molecule has 0 saturated carbocycles. The normalized spacial score (nSPS) is 30.4. The van der Waals surface area contributed by atoms with Gasteiger partial charge in [-0.3, -0.25) is 14.4 Å². The number of aliphatic hydroxyl groups excluding tert-OH is 1. The van der Waals surface area contributed by atoms with Crippen molar-refractivity contribution >= 4 is 35.2 Å². The molecule has 1 spiro atoms. The SMILES string of the molecule is CCCCCNC(=O)C1N(CCCO)C(=O)[C@@H]2[C@H](C(=O)Nc3ccccc3)[C@@H]3CCC12S3. The van der Waals surface area contributed by atoms with E-state index in [9.17, 15) is 19.5 Å². The Balaban J connectivity index is 1.58. The largest absolute Gasteiger partial charge is 0.396 e. The van der Waals surface area contributed by atoms with E-state index in [-0.39, 0.29) is 29.6 Å². The van der Waals surface area contributed by atoms with Gasteiger partial charge in [0.15, 0.2) is 0 Å². The number of rotatable bonds is 10. The van der Waals surface area contributed by atoms with E-state index in [4.69, 9.17) is 0 Å². The summed E-state index contributed by atoms with van der Waals surface area (Å²) in [4.78, 5) is 41.9. The van der Waals surface area contributed by atoms with Gasteiger partial charge in [-0.1, -0.05) is 38.0 Å². The molecule has 32 heavy (non-hydrogen) atoms. The van der Waals surface area contributed by atoms with Crippen molar-refractivity contribution in [3.63, 3.8) is 0 Å². The molecule has 3 amide bonds. The molecule has 8 heteroatoms. The van der Waals surface area contributed by atoms with Crippen molar-refractivity contribution in [1.82, 2.24) is 10.2 Å². The Morgan fingerprint density at radius 3 is 2.69 bits per heavy atom. The fraction of sp³-hybridized carbons (Fsp3) is 0.625. The van der Waals surface area contributed by atoms with E-state index in [0.717, 1.165) is 32.1 Å². The lowest BCUT2D eigenvalue weighted by Gasteiger charge is -2.34. The molecule has 3 saturated heterocycles. The number of fused-ring (bicyclic) bond motifs is 1. The summed E-state index contributed by atoms with van der Waals surface area (Å²) in [5, 5.41) is 15.4. The van der Waals surface area contributed by atoms with Gasteiger partial charge in [0, 0.05) is 30.6 Å². The van der Waals surface area contributed by atoms with Gasteiger partial charge in [0.05, 0.1) is 16.6 Å². The summed E-state index contributed by atoms with van der Waals surface area (Å²) in [7, 11) is 0. The van der Waals surface area contributed by atoms with Crippen LogP contribution in [-0.4, -0.2) is 63.5 Å². The van der Waals surface area contributed by atoms with E-state index >= 15 is 0 Å². The number of unbranched alkanes of at least 4 members (excludes halogenated alkanes) is 2. The highest BCUT2D eigenvalue weighted by Crippen LogP contribution is 2.66. The van der Waals surface area contributed by atoms with Crippen LogP contribution in [0.4, 0.5) is 5.69 Å². The third-order valence-electron chi connectivity index (χ3n) is 7.03. The maximum atomic E-state index is 13.6. The second-order valence-electron chi connectivity index (χ2n) is 9.02. The van der Waals surface area contributed by atoms with Crippen LogP contribution >= 0.6 is 11.8 Å². The van der Waals surface area contributed by atoms with Crippen LogP contribution in [0.2, 0.25) is 0 Å². The quantitative estimate of drug-likeness (QED) is 0.467. The fourth-order valence-electron chi connectivity index (χ4n) is 5.67. The molecule has 7 nitrogen and oxygen atoms in total. The van der Waals surface area contributed by atoms with Crippen molar-refractivity contribution in [1.29, 1.82) is 0 Å². The summed E-state index contributed by atoms with van der Waals surface area (Å²) in [6.07, 6.45) is 5.04. The monoisotopic (exact) mass is 459 g/mol. The first-order chi connectivity index (χ1) is 15.5. The standard InChI is InChI=1S/C24H33N3O4S/c1-2-3-7-13-25-22(30)20-24-12-11-17(32-24)18(19(24)23(31)27(20)14-8-15-28)21(29)26-16-9-5-4-6-10-16/h4-6,9-10,17-20,28H,2-3,7-8,11-15H2,1H3,(H,25,30)(H,26,29)/t17-,18+,19-,20?,24?/m0/s1. The summed E-state index contributed by atoms with van der Waals surface area (Å²) in [6.45, 7) is 3.00. The molecule has 0 radical (unpaired) electrons. The second-order valence-corrected chi connectivity index (χ2v) is 10.6. The number of aliphatic hydroxyl groups is 1. The van der Waals surface area contributed by atoms with Gasteiger partial charge in [-0.15, -0.1) is 11.8 Å². The number of nitrogens with one attached hydrogen (secondary N) is 2. The molecule has 5 atom stereocenters. The van der Waals surface area contributed by atoms with E-state index in [1.165, 1.54) is 0 Å². The number of para-hydroxylation sites is 1. The molecule has 3 N–H and O–H groups in total. The first kappa shape index (κ1) is 23.1. The lowest BCUT2D eigenvalue weighted by atomic mass is 9.70. The molecular formula is C24H33N3O4S. The van der Waals surface area contributed by atoms with Crippen LogP contribution < -0.4 is 10.6 Å². The minimum Gasteiger partial charge on any atom is -0.396 e. The van der Waals surface area contributed by atoms with E-state index < -0.39 is 22.6 Å². The van der Waals surface area contributed by atoms with Crippen molar-refractivity contribution in [2.24, 2.45) is 11.8 Å². The predicted octanol–water partition coefficient (Wildman–Crippen LogP) is 2.41. The van der Waals surface area contributed by atoms with Gasteiger partial charge in [0.2, 0.25) is 17.7 Å². The number of thioether (sulfide) groups is 1.